The standard InChI is InChI=1S/C16H23N3O4S/c1-10(2)18-15(21)9-17-24(22,23)11-5-6-13-12(7-11)16(3,4)8-14(20)19-13/h5-7,10,17H,8-9H2,1-4H3,(H,18,21)(H,19,20). The lowest BCUT2D eigenvalue weighted by atomic mass is 9.78. The SMILES string of the molecule is CC(C)NC(=O)CNS(=O)(=O)c1ccc2c(c1)C(C)(C)CC(=O)N2. The maximum Gasteiger partial charge on any atom is 0.241 e. The number of carbonyl (C=O) groups excluding carboxylic acids is 2. The Labute approximate surface area is 142 Å². The molecule has 2 rings (SSSR count). The number of amides is 2. The van der Waals surface area contributed by atoms with E-state index < -0.39 is 15.4 Å². The van der Waals surface area contributed by atoms with E-state index in [2.05, 4.69) is 15.4 Å². The molecule has 1 aromatic carbocycles. The Bertz CT molecular complexity index is 770. The number of anilines is 1. The highest BCUT2D eigenvalue weighted by atomic mass is 32.2. The Morgan fingerprint density at radius 1 is 1.33 bits per heavy atom. The van der Waals surface area contributed by atoms with Gasteiger partial charge in [-0.15, -0.1) is 0 Å². The summed E-state index contributed by atoms with van der Waals surface area (Å²) in [6.45, 7) is 7.06. The van der Waals surface area contributed by atoms with Gasteiger partial charge in [0.1, 0.15) is 0 Å². The summed E-state index contributed by atoms with van der Waals surface area (Å²) in [6, 6.07) is 4.49. The van der Waals surface area contributed by atoms with E-state index in [1.807, 2.05) is 13.8 Å². The van der Waals surface area contributed by atoms with Gasteiger partial charge in [0, 0.05) is 23.6 Å². The summed E-state index contributed by atoms with van der Waals surface area (Å²) in [5.74, 6) is -0.481. The first-order chi connectivity index (χ1) is 11.0. The Balaban J connectivity index is 2.23. The highest BCUT2D eigenvalue weighted by Gasteiger charge is 2.33. The molecule has 1 aliphatic heterocycles. The van der Waals surface area contributed by atoms with Crippen molar-refractivity contribution < 1.29 is 18.0 Å². The van der Waals surface area contributed by atoms with Crippen LogP contribution in [0, 0.1) is 0 Å². The third kappa shape index (κ3) is 4.12. The second kappa shape index (κ2) is 6.52. The molecule has 0 fully saturated rings. The van der Waals surface area contributed by atoms with Crippen molar-refractivity contribution in [2.45, 2.75) is 50.5 Å². The van der Waals surface area contributed by atoms with Crippen molar-refractivity contribution in [1.29, 1.82) is 0 Å². The first-order valence-corrected chi connectivity index (χ1v) is 9.23. The van der Waals surface area contributed by atoms with Crippen LogP contribution in [-0.4, -0.2) is 32.8 Å². The normalized spacial score (nSPS) is 16.5. The Morgan fingerprint density at radius 3 is 2.62 bits per heavy atom. The second-order valence-electron chi connectivity index (χ2n) is 6.86. The van der Waals surface area contributed by atoms with Gasteiger partial charge >= 0.3 is 0 Å². The highest BCUT2D eigenvalue weighted by molar-refractivity contribution is 7.89. The van der Waals surface area contributed by atoms with E-state index in [4.69, 9.17) is 0 Å². The molecule has 0 atom stereocenters. The number of fused-ring (bicyclic) bond motifs is 1. The first-order valence-electron chi connectivity index (χ1n) is 7.75. The zero-order chi connectivity index (χ0) is 18.1. The number of hydrogen-bond acceptors (Lipinski definition) is 4. The molecule has 132 valence electrons. The van der Waals surface area contributed by atoms with Crippen molar-refractivity contribution in [2.24, 2.45) is 0 Å². The van der Waals surface area contributed by atoms with Crippen molar-refractivity contribution >= 4 is 27.5 Å². The number of rotatable bonds is 5. The van der Waals surface area contributed by atoms with Crippen LogP contribution < -0.4 is 15.4 Å². The second-order valence-corrected chi connectivity index (χ2v) is 8.63. The van der Waals surface area contributed by atoms with Gasteiger partial charge in [0.15, 0.2) is 0 Å². The lowest BCUT2D eigenvalue weighted by Crippen LogP contribution is -2.40. The Hall–Kier alpha value is -1.93. The van der Waals surface area contributed by atoms with E-state index in [1.165, 1.54) is 6.07 Å². The van der Waals surface area contributed by atoms with Crippen molar-refractivity contribution in [2.75, 3.05) is 11.9 Å². The number of benzene rings is 1. The van der Waals surface area contributed by atoms with Gasteiger partial charge in [-0.25, -0.2) is 13.1 Å². The van der Waals surface area contributed by atoms with Crippen LogP contribution in [-0.2, 0) is 25.0 Å². The van der Waals surface area contributed by atoms with Crippen molar-refractivity contribution in [3.8, 4) is 0 Å². The fourth-order valence-corrected chi connectivity index (χ4v) is 3.68. The van der Waals surface area contributed by atoms with Gasteiger partial charge in [0.25, 0.3) is 0 Å². The summed E-state index contributed by atoms with van der Waals surface area (Å²) in [4.78, 5) is 23.4. The molecule has 0 saturated carbocycles. The van der Waals surface area contributed by atoms with Gasteiger partial charge < -0.3 is 10.6 Å². The lowest BCUT2D eigenvalue weighted by molar-refractivity contribution is -0.120. The van der Waals surface area contributed by atoms with E-state index in [0.717, 1.165) is 5.56 Å². The van der Waals surface area contributed by atoms with Gasteiger partial charge in [-0.1, -0.05) is 13.8 Å². The number of carbonyl (C=O) groups is 2. The molecule has 0 radical (unpaired) electrons. The Kier molecular flexibility index (Phi) is 5.00. The third-order valence-electron chi connectivity index (χ3n) is 3.78. The molecule has 1 aromatic rings. The number of hydrogen-bond donors (Lipinski definition) is 3. The predicted octanol–water partition coefficient (Wildman–Crippen LogP) is 1.11. The Morgan fingerprint density at radius 2 is 2.00 bits per heavy atom. The number of sulfonamides is 1. The first kappa shape index (κ1) is 18.4. The molecule has 2 amide bonds. The van der Waals surface area contributed by atoms with Crippen LogP contribution in [0.2, 0.25) is 0 Å². The van der Waals surface area contributed by atoms with Crippen molar-refractivity contribution in [3.63, 3.8) is 0 Å². The van der Waals surface area contributed by atoms with Gasteiger partial charge in [-0.05, 0) is 37.6 Å². The molecule has 1 heterocycles. The van der Waals surface area contributed by atoms with Gasteiger partial charge in [-0.3, -0.25) is 9.59 Å². The van der Waals surface area contributed by atoms with Crippen LogP contribution in [0.25, 0.3) is 0 Å². The van der Waals surface area contributed by atoms with Crippen molar-refractivity contribution in [1.82, 2.24) is 10.0 Å². The molecule has 8 heteroatoms. The minimum Gasteiger partial charge on any atom is -0.353 e. The predicted molar refractivity (Wildman–Crippen MR) is 91.2 cm³/mol. The van der Waals surface area contributed by atoms with E-state index in [0.29, 0.717) is 5.69 Å². The smallest absolute Gasteiger partial charge is 0.241 e. The fraction of sp³-hybridized carbons (Fsp3) is 0.500. The zero-order valence-electron chi connectivity index (χ0n) is 14.3. The summed E-state index contributed by atoms with van der Waals surface area (Å²) >= 11 is 0. The molecule has 0 saturated heterocycles. The van der Waals surface area contributed by atoms with Gasteiger partial charge in [-0.2, -0.15) is 0 Å². The monoisotopic (exact) mass is 353 g/mol. The summed E-state index contributed by atoms with van der Waals surface area (Å²) in [6.07, 6.45) is 0.285. The van der Waals surface area contributed by atoms with E-state index in [1.54, 1.807) is 26.0 Å². The fourth-order valence-electron chi connectivity index (χ4n) is 2.67. The van der Waals surface area contributed by atoms with Crippen LogP contribution >= 0.6 is 0 Å². The quantitative estimate of drug-likeness (QED) is 0.737. The van der Waals surface area contributed by atoms with Gasteiger partial charge in [0.2, 0.25) is 21.8 Å². The third-order valence-corrected chi connectivity index (χ3v) is 5.18. The average Bonchev–Trinajstić information content (AvgIpc) is 2.43. The topological polar surface area (TPSA) is 104 Å². The summed E-state index contributed by atoms with van der Waals surface area (Å²) < 4.78 is 27.1. The molecule has 7 nitrogen and oxygen atoms in total. The van der Waals surface area contributed by atoms with Crippen LogP contribution in [0.15, 0.2) is 23.1 Å². The van der Waals surface area contributed by atoms with E-state index >= 15 is 0 Å². The molecule has 0 aromatic heterocycles. The van der Waals surface area contributed by atoms with Crippen LogP contribution in [0.3, 0.4) is 0 Å². The van der Waals surface area contributed by atoms with Crippen LogP contribution in [0.4, 0.5) is 5.69 Å². The molecular weight excluding hydrogens is 330 g/mol. The average molecular weight is 353 g/mol. The summed E-state index contributed by atoms with van der Waals surface area (Å²) in [5, 5.41) is 5.37. The summed E-state index contributed by atoms with van der Waals surface area (Å²) in [7, 11) is -3.81. The molecule has 0 aliphatic carbocycles. The molecule has 1 aliphatic rings. The zero-order valence-corrected chi connectivity index (χ0v) is 15.1. The minimum absolute atomic E-state index is 0.0600. The lowest BCUT2D eigenvalue weighted by Gasteiger charge is -2.32. The molecular formula is C16H23N3O4S. The molecule has 0 spiro atoms. The molecule has 0 bridgehead atoms. The maximum absolute atomic E-state index is 12.4. The van der Waals surface area contributed by atoms with E-state index in [9.17, 15) is 18.0 Å². The van der Waals surface area contributed by atoms with Gasteiger partial charge in [0.05, 0.1) is 11.4 Å². The van der Waals surface area contributed by atoms with Crippen LogP contribution in [0.5, 0.6) is 0 Å². The van der Waals surface area contributed by atoms with Crippen LogP contribution in [0.1, 0.15) is 39.7 Å². The van der Waals surface area contributed by atoms with E-state index in [-0.39, 0.29) is 35.7 Å². The molecule has 24 heavy (non-hydrogen) atoms. The molecule has 3 N–H and O–H groups in total. The minimum atomic E-state index is -3.81. The van der Waals surface area contributed by atoms with Crippen molar-refractivity contribution in [3.05, 3.63) is 23.8 Å². The number of nitrogens with one attached hydrogen (secondary N) is 3. The summed E-state index contributed by atoms with van der Waals surface area (Å²) in [5.41, 5.74) is 0.919. The largest absolute Gasteiger partial charge is 0.353 e. The molecule has 0 unspecified atom stereocenters. The highest BCUT2D eigenvalue weighted by Crippen LogP contribution is 2.38. The maximum atomic E-state index is 12.4.